The van der Waals surface area contributed by atoms with Gasteiger partial charge in [0.05, 0.1) is 61.9 Å². The van der Waals surface area contributed by atoms with E-state index in [1.165, 1.54) is 39.7 Å². The number of fused-ring (bicyclic) bond motifs is 2. The monoisotopic (exact) mass is 1760 g/mol. The first-order chi connectivity index (χ1) is 60.3. The smallest absolute Gasteiger partial charge is 0.412 e. The van der Waals surface area contributed by atoms with Crippen molar-refractivity contribution in [3.63, 3.8) is 0 Å². The van der Waals surface area contributed by atoms with E-state index in [1.54, 1.807) is 255 Å². The number of carboxylic acid groups (broad SMARTS) is 1. The van der Waals surface area contributed by atoms with Gasteiger partial charge in [-0.25, -0.2) is 38.9 Å². The molecule has 0 aliphatic carbocycles. The number of carbonyl (C=O) groups is 8. The van der Waals surface area contributed by atoms with Gasteiger partial charge < -0.3 is 78.9 Å². The molecule has 128 heavy (non-hydrogen) atoms. The summed E-state index contributed by atoms with van der Waals surface area (Å²) in [4.78, 5) is 134. The molecule has 35 heteroatoms. The molecule has 1 atom stereocenters. The van der Waals surface area contributed by atoms with Crippen LogP contribution in [0.5, 0.6) is 0 Å². The first-order valence-corrected chi connectivity index (χ1v) is 41.4. The van der Waals surface area contributed by atoms with Crippen molar-refractivity contribution >= 4 is 132 Å². The highest BCUT2D eigenvalue weighted by Crippen LogP contribution is 2.26. The third kappa shape index (κ3) is 34.0. The van der Waals surface area contributed by atoms with Crippen molar-refractivity contribution in [3.8, 4) is 0 Å². The predicted molar refractivity (Wildman–Crippen MR) is 499 cm³/mol. The number of nitrogen functional groups attached to an aromatic ring is 3. The van der Waals surface area contributed by atoms with E-state index < -0.39 is 63.5 Å². The normalized spacial score (nSPS) is 11.1. The second kappa shape index (κ2) is 46.4. The summed E-state index contributed by atoms with van der Waals surface area (Å²) in [6.45, 7) is 23.0. The molecule has 12 rings (SSSR count). The summed E-state index contributed by atoms with van der Waals surface area (Å²) in [6.07, 6.45) is 2.63. The lowest BCUT2D eigenvalue weighted by Crippen LogP contribution is -2.32. The predicted octanol–water partition coefficient (Wildman–Crippen LogP) is 15.2. The molecule has 0 saturated carbocycles. The van der Waals surface area contributed by atoms with Crippen LogP contribution in [0.15, 0.2) is 246 Å². The first-order valence-electron chi connectivity index (χ1n) is 39.8. The Morgan fingerprint density at radius 1 is 0.383 bits per heavy atom. The Kier molecular flexibility index (Phi) is 36.1. The summed E-state index contributed by atoms with van der Waals surface area (Å²) in [6, 6.07) is 61.9. The Labute approximate surface area is 742 Å². The minimum atomic E-state index is -1.24. The van der Waals surface area contributed by atoms with Gasteiger partial charge in [0.25, 0.3) is 28.8 Å². The summed E-state index contributed by atoms with van der Waals surface area (Å²) in [5, 5.41) is 32.5. The molecular formula is C93H108N18O16S. The third-order valence-electron chi connectivity index (χ3n) is 17.0. The number of alkyl carbamates (subject to hydrolysis) is 2. The number of nitrogens with one attached hydrogen (secondary N) is 8. The number of aromatic nitrogens is 6. The summed E-state index contributed by atoms with van der Waals surface area (Å²) < 4.78 is 34.7. The average molecular weight is 1770 g/mol. The number of aryl methyl sites for hydroxylation is 2. The molecule has 34 nitrogen and oxygen atoms in total. The van der Waals surface area contributed by atoms with Crippen molar-refractivity contribution in [2.75, 3.05) is 55.4 Å². The van der Waals surface area contributed by atoms with Gasteiger partial charge in [-0.15, -0.1) is 0 Å². The number of hydrogen-bond donors (Lipinski definition) is 13. The lowest BCUT2D eigenvalue weighted by molar-refractivity contribution is 0.0512. The van der Waals surface area contributed by atoms with E-state index in [0.717, 1.165) is 33.0 Å². The number of nitrogens with two attached hydrogens (primary N) is 4. The van der Waals surface area contributed by atoms with E-state index in [9.17, 15) is 52.2 Å². The average Bonchev–Trinajstić information content (AvgIpc) is 0.807. The van der Waals surface area contributed by atoms with Crippen molar-refractivity contribution in [2.24, 2.45) is 19.8 Å². The van der Waals surface area contributed by atoms with Gasteiger partial charge in [-0.2, -0.15) is 4.98 Å². The molecule has 17 N–H and O–H groups in total. The zero-order valence-corrected chi connectivity index (χ0v) is 74.6. The number of amides is 7. The van der Waals surface area contributed by atoms with Crippen molar-refractivity contribution in [1.29, 1.82) is 0 Å². The number of ether oxygens (including phenoxy) is 4. The SMILES string of the molecule is CC(C)(C)OC(=O)NCc1ccc(C(=O)Nc2ccccc2NC(=O)OC(C)(C)C)cc1.CC(C)(C)OC(=O)NCc1ccc(C(=O)O)cc1.CC(C)(C)OC(=O)Nc1ccccc1N.Cn1c(=O)ccc2cnc(NCc3ccc(C(=O)Nc4ccccc4N)cc3)nc21.Cn1c(=O)ccc2cnc(S(C)=O)nc21.NCc1ccc(C(=O)Nc2ccccc2N)cc1. The second-order valence-electron chi connectivity index (χ2n) is 32.1. The highest BCUT2D eigenvalue weighted by atomic mass is 32.2. The van der Waals surface area contributed by atoms with E-state index in [-0.39, 0.29) is 46.1 Å². The molecule has 7 amide bonds. The van der Waals surface area contributed by atoms with Gasteiger partial charge >= 0.3 is 30.3 Å². The minimum absolute atomic E-state index is 0.127. The zero-order chi connectivity index (χ0) is 94.2. The Morgan fingerprint density at radius 2 is 0.688 bits per heavy atom. The van der Waals surface area contributed by atoms with E-state index in [0.29, 0.717) is 99.1 Å². The molecule has 0 spiro atoms. The fraction of sp³-hybridized carbons (Fsp3) is 0.247. The molecule has 0 aliphatic heterocycles. The molecular weight excluding hydrogens is 1660 g/mol. The van der Waals surface area contributed by atoms with Gasteiger partial charge in [0, 0.05) is 98.5 Å². The van der Waals surface area contributed by atoms with Crippen LogP contribution in [0, 0.1) is 0 Å². The van der Waals surface area contributed by atoms with Gasteiger partial charge in [-0.3, -0.25) is 47.9 Å². The summed E-state index contributed by atoms with van der Waals surface area (Å²) in [7, 11) is 2.06. The van der Waals surface area contributed by atoms with Gasteiger partial charge in [0.1, 0.15) is 33.7 Å². The topological polar surface area (TPSA) is 507 Å². The molecule has 0 aliphatic rings. The quantitative estimate of drug-likeness (QED) is 0.0215. The number of nitrogens with zero attached hydrogens (tertiary/aromatic N) is 6. The largest absolute Gasteiger partial charge is 0.478 e. The highest BCUT2D eigenvalue weighted by molar-refractivity contribution is 7.84. The van der Waals surface area contributed by atoms with Gasteiger partial charge in [-0.1, -0.05) is 97.1 Å². The number of carboxylic acids is 1. The second-order valence-corrected chi connectivity index (χ2v) is 33.4. The van der Waals surface area contributed by atoms with Crippen LogP contribution in [0.1, 0.15) is 147 Å². The molecule has 0 bridgehead atoms. The zero-order valence-electron chi connectivity index (χ0n) is 73.7. The van der Waals surface area contributed by atoms with Crippen LogP contribution >= 0.6 is 0 Å². The van der Waals surface area contributed by atoms with Gasteiger partial charge in [-0.05, 0) is 215 Å². The molecule has 0 radical (unpaired) electrons. The van der Waals surface area contributed by atoms with Gasteiger partial charge in [0.2, 0.25) is 11.1 Å². The van der Waals surface area contributed by atoms with E-state index in [4.69, 9.17) is 47.0 Å². The summed E-state index contributed by atoms with van der Waals surface area (Å²) in [5.41, 5.74) is 30.9. The number of rotatable bonds is 18. The number of benzene rings is 8. The summed E-state index contributed by atoms with van der Waals surface area (Å²) in [5.74, 6) is -1.30. The molecule has 0 fully saturated rings. The van der Waals surface area contributed by atoms with Crippen LogP contribution in [0.4, 0.5) is 70.6 Å². The van der Waals surface area contributed by atoms with Crippen LogP contribution in [0.25, 0.3) is 22.1 Å². The van der Waals surface area contributed by atoms with Gasteiger partial charge in [0.15, 0.2) is 0 Å². The van der Waals surface area contributed by atoms with Crippen molar-refractivity contribution in [2.45, 2.75) is 137 Å². The molecule has 4 heterocycles. The van der Waals surface area contributed by atoms with Crippen molar-refractivity contribution < 1.29 is 66.6 Å². The molecule has 0 saturated heterocycles. The van der Waals surface area contributed by atoms with Crippen LogP contribution in [0.3, 0.4) is 0 Å². The molecule has 8 aromatic carbocycles. The Bertz CT molecular complexity index is 6010. The molecule has 672 valence electrons. The Balaban J connectivity index is 0.000000216. The number of para-hydroxylation sites is 8. The number of pyridine rings is 2. The van der Waals surface area contributed by atoms with E-state index in [1.807, 2.05) is 48.5 Å². The number of aromatic carboxylic acids is 1. The first kappa shape index (κ1) is 99.7. The standard InChI is InChI=1S/C24H31N3O5.C22H20N6O2.C14H15N3O.C13H17NO4.C11H16N2O2.C9H9N3O2S/c1-23(2,3)31-21(29)25-15-16-11-13-17(14-12-16)20(28)26-18-9-7-8-10-19(18)27-22(30)32-24(4,5)6;1-28-19(29)11-10-16-13-25-22(27-20(16)28)24-12-14-6-8-15(9-7-14)21(30)26-18-5-3-2-4-17(18)23;15-9-10-5-7-11(8-6-10)14(18)17-13-4-2-1-3-12(13)16;1-13(2,3)18-12(17)14-8-9-4-6-10(7-5-9)11(15)16;1-11(2,3)15-10(14)13-9-7-5-4-6-8(9)12;1-12-7(13)4-3-6-5-10-9(15(2)14)11-8(6)12/h7-14H,15H2,1-6H3,(H,25,29)(H,26,28)(H,27,30);2-11,13H,12,23H2,1H3,(H,26,30)(H,24,25,27);1-8H,9,15-16H2,(H,17,18);4-7H,8H2,1-3H3,(H,14,17)(H,15,16);4-7H,12H2,1-3H3,(H,13,14);3-5H,1-2H3. The Hall–Kier alpha value is -15.4. The fourth-order valence-corrected chi connectivity index (χ4v) is 11.1. The summed E-state index contributed by atoms with van der Waals surface area (Å²) >= 11 is 0. The number of anilines is 9. The fourth-order valence-electron chi connectivity index (χ4n) is 10.7. The van der Waals surface area contributed by atoms with E-state index in [2.05, 4.69) is 62.5 Å². The van der Waals surface area contributed by atoms with E-state index >= 15 is 0 Å². The highest BCUT2D eigenvalue weighted by Gasteiger charge is 2.22. The molecule has 12 aromatic rings. The lowest BCUT2D eigenvalue weighted by Gasteiger charge is -2.20. The maximum Gasteiger partial charge on any atom is 0.412 e. The van der Waals surface area contributed by atoms with Crippen molar-refractivity contribution in [1.82, 2.24) is 39.7 Å². The maximum absolute atomic E-state index is 12.7. The lowest BCUT2D eigenvalue weighted by atomic mass is 10.1. The Morgan fingerprint density at radius 3 is 1.05 bits per heavy atom. The minimum Gasteiger partial charge on any atom is -0.478 e. The van der Waals surface area contributed by atoms with Crippen LogP contribution in [-0.2, 0) is 70.0 Å². The number of carbonyl (C=O) groups excluding carboxylic acids is 7. The molecule has 4 aromatic heterocycles. The van der Waals surface area contributed by atoms with Crippen LogP contribution in [0.2, 0.25) is 0 Å². The third-order valence-corrected chi connectivity index (χ3v) is 17.7. The van der Waals surface area contributed by atoms with Crippen LogP contribution in [-0.4, -0.2) is 115 Å². The maximum atomic E-state index is 12.7. The number of hydrogen-bond acceptors (Lipinski definition) is 24. The van der Waals surface area contributed by atoms with Crippen molar-refractivity contribution in [3.05, 3.63) is 296 Å². The van der Waals surface area contributed by atoms with Crippen LogP contribution < -0.4 is 76.6 Å². The molecule has 1 unspecified atom stereocenters.